The zero-order chi connectivity index (χ0) is 18.1. The van der Waals surface area contributed by atoms with Crippen LogP contribution < -0.4 is 5.32 Å². The second-order valence-electron chi connectivity index (χ2n) is 6.24. The Balaban J connectivity index is 1.84. The molecule has 1 aliphatic heterocycles. The number of anilines is 1. The highest BCUT2D eigenvalue weighted by atomic mass is 32.1. The maximum absolute atomic E-state index is 12.4. The summed E-state index contributed by atoms with van der Waals surface area (Å²) in [6.07, 6.45) is 2.39. The molecule has 8 heteroatoms. The maximum atomic E-state index is 12.4. The van der Waals surface area contributed by atoms with Crippen LogP contribution in [0.4, 0.5) is 5.00 Å². The van der Waals surface area contributed by atoms with E-state index >= 15 is 0 Å². The van der Waals surface area contributed by atoms with Crippen LogP contribution in [0.25, 0.3) is 0 Å². The number of hydrogen-bond donors (Lipinski definition) is 1. The van der Waals surface area contributed by atoms with E-state index in [1.54, 1.807) is 21.8 Å². The van der Waals surface area contributed by atoms with Crippen LogP contribution in [0.15, 0.2) is 12.3 Å². The van der Waals surface area contributed by atoms with Crippen LogP contribution in [-0.2, 0) is 17.8 Å². The summed E-state index contributed by atoms with van der Waals surface area (Å²) >= 11 is 1.36. The van der Waals surface area contributed by atoms with Gasteiger partial charge in [0.15, 0.2) is 5.69 Å². The lowest BCUT2D eigenvalue weighted by Gasteiger charge is -2.25. The van der Waals surface area contributed by atoms with Crippen LogP contribution in [0.5, 0.6) is 0 Å². The van der Waals surface area contributed by atoms with Gasteiger partial charge in [-0.2, -0.15) is 10.4 Å². The minimum absolute atomic E-state index is 0.0161. The highest BCUT2D eigenvalue weighted by molar-refractivity contribution is 7.16. The fraction of sp³-hybridized carbons (Fsp3) is 0.412. The van der Waals surface area contributed by atoms with Gasteiger partial charge in [-0.3, -0.25) is 14.3 Å². The van der Waals surface area contributed by atoms with Gasteiger partial charge in [0, 0.05) is 30.6 Å². The number of carbonyl (C=O) groups excluding carboxylic acids is 2. The number of fused-ring (bicyclic) bond motifs is 1. The van der Waals surface area contributed by atoms with Gasteiger partial charge in [0.2, 0.25) is 5.91 Å². The van der Waals surface area contributed by atoms with Gasteiger partial charge < -0.3 is 10.2 Å². The monoisotopic (exact) mass is 357 g/mol. The Morgan fingerprint density at radius 2 is 2.20 bits per heavy atom. The largest absolute Gasteiger partial charge is 0.337 e. The van der Waals surface area contributed by atoms with E-state index in [0.29, 0.717) is 35.8 Å². The average molecular weight is 357 g/mol. The Kier molecular flexibility index (Phi) is 4.59. The molecule has 3 rings (SSSR count). The maximum Gasteiger partial charge on any atom is 0.276 e. The second-order valence-corrected chi connectivity index (χ2v) is 7.34. The molecule has 0 saturated heterocycles. The Labute approximate surface area is 149 Å². The topological polar surface area (TPSA) is 91.0 Å². The molecule has 0 atom stereocenters. The van der Waals surface area contributed by atoms with Gasteiger partial charge in [-0.05, 0) is 31.9 Å². The number of aromatic nitrogens is 2. The van der Waals surface area contributed by atoms with Crippen LogP contribution >= 0.6 is 11.3 Å². The van der Waals surface area contributed by atoms with Crippen LogP contribution in [0, 0.1) is 11.3 Å². The number of thiophene rings is 1. The van der Waals surface area contributed by atoms with Crippen molar-refractivity contribution < 1.29 is 9.59 Å². The molecule has 0 bridgehead atoms. The summed E-state index contributed by atoms with van der Waals surface area (Å²) in [7, 11) is 0. The lowest BCUT2D eigenvalue weighted by atomic mass is 10.0. The van der Waals surface area contributed by atoms with Crippen molar-refractivity contribution in [2.45, 2.75) is 39.8 Å². The first kappa shape index (κ1) is 17.2. The van der Waals surface area contributed by atoms with E-state index < -0.39 is 0 Å². The van der Waals surface area contributed by atoms with E-state index in [1.807, 2.05) is 13.8 Å². The highest BCUT2D eigenvalue weighted by Gasteiger charge is 2.26. The molecule has 0 radical (unpaired) electrons. The predicted octanol–water partition coefficient (Wildman–Crippen LogP) is 2.55. The molecule has 1 N–H and O–H groups in total. The van der Waals surface area contributed by atoms with Gasteiger partial charge in [-0.25, -0.2) is 0 Å². The summed E-state index contributed by atoms with van der Waals surface area (Å²) in [4.78, 5) is 26.7. The number of hydrogen-bond acceptors (Lipinski definition) is 5. The zero-order valence-electron chi connectivity index (χ0n) is 14.4. The molecular weight excluding hydrogens is 338 g/mol. The molecule has 130 valence electrons. The van der Waals surface area contributed by atoms with E-state index in [4.69, 9.17) is 0 Å². The molecule has 0 unspecified atom stereocenters. The molecule has 0 aliphatic carbocycles. The summed E-state index contributed by atoms with van der Waals surface area (Å²) in [5.41, 5.74) is 1.75. The van der Waals surface area contributed by atoms with Gasteiger partial charge in [-0.1, -0.05) is 0 Å². The van der Waals surface area contributed by atoms with Crippen LogP contribution in [0.3, 0.4) is 0 Å². The molecule has 0 aromatic carbocycles. The van der Waals surface area contributed by atoms with Crippen LogP contribution in [0.2, 0.25) is 0 Å². The van der Waals surface area contributed by atoms with Crippen molar-refractivity contribution in [1.29, 1.82) is 5.26 Å². The minimum Gasteiger partial charge on any atom is -0.337 e. The first-order valence-electron chi connectivity index (χ1n) is 8.07. The molecular formula is C17H19N5O2S. The second kappa shape index (κ2) is 6.69. The Hall–Kier alpha value is -2.66. The average Bonchev–Trinajstić information content (AvgIpc) is 3.18. The normalized spacial score (nSPS) is 13.5. The molecule has 7 nitrogen and oxygen atoms in total. The molecule has 3 heterocycles. The van der Waals surface area contributed by atoms with E-state index in [9.17, 15) is 14.9 Å². The molecule has 0 saturated carbocycles. The number of amides is 2. The van der Waals surface area contributed by atoms with Crippen molar-refractivity contribution in [3.05, 3.63) is 34.0 Å². The Morgan fingerprint density at radius 3 is 2.80 bits per heavy atom. The molecule has 25 heavy (non-hydrogen) atoms. The van der Waals surface area contributed by atoms with Crippen molar-refractivity contribution in [2.24, 2.45) is 0 Å². The van der Waals surface area contributed by atoms with Crippen molar-refractivity contribution in [2.75, 3.05) is 11.9 Å². The lowest BCUT2D eigenvalue weighted by Crippen LogP contribution is -2.33. The Morgan fingerprint density at radius 1 is 1.44 bits per heavy atom. The first-order chi connectivity index (χ1) is 11.9. The molecule has 0 fully saturated rings. The number of rotatable bonds is 3. The first-order valence-corrected chi connectivity index (χ1v) is 8.89. The molecule has 1 aliphatic rings. The van der Waals surface area contributed by atoms with Crippen LogP contribution in [-0.4, -0.2) is 33.0 Å². The smallest absolute Gasteiger partial charge is 0.276 e. The number of nitrogens with zero attached hydrogens (tertiary/aromatic N) is 4. The summed E-state index contributed by atoms with van der Waals surface area (Å²) < 4.78 is 1.71. The van der Waals surface area contributed by atoms with E-state index in [2.05, 4.69) is 16.5 Å². The van der Waals surface area contributed by atoms with E-state index in [-0.39, 0.29) is 17.9 Å². The summed E-state index contributed by atoms with van der Waals surface area (Å²) in [6.45, 7) is 6.59. The van der Waals surface area contributed by atoms with Crippen molar-refractivity contribution in [3.8, 4) is 6.07 Å². The van der Waals surface area contributed by atoms with Crippen molar-refractivity contribution >= 4 is 28.2 Å². The lowest BCUT2D eigenvalue weighted by molar-refractivity contribution is -0.129. The van der Waals surface area contributed by atoms with Gasteiger partial charge in [0.05, 0.1) is 12.1 Å². The van der Waals surface area contributed by atoms with Gasteiger partial charge >= 0.3 is 0 Å². The third-order valence-electron chi connectivity index (χ3n) is 4.21. The summed E-state index contributed by atoms with van der Waals surface area (Å²) in [5, 5.41) is 17.1. The number of nitriles is 1. The van der Waals surface area contributed by atoms with Gasteiger partial charge in [0.1, 0.15) is 11.1 Å². The molecule has 2 aromatic heterocycles. The molecule has 2 aromatic rings. The highest BCUT2D eigenvalue weighted by Crippen LogP contribution is 2.36. The summed E-state index contributed by atoms with van der Waals surface area (Å²) in [5.74, 6) is -0.319. The third-order valence-corrected chi connectivity index (χ3v) is 5.34. The van der Waals surface area contributed by atoms with Gasteiger partial charge in [-0.15, -0.1) is 11.3 Å². The standard InChI is InChI=1S/C17H19N5O2S/c1-10(2)22-7-5-14(20-22)16(24)19-17-13(8-18)12-4-6-21(11(3)23)9-15(12)25-17/h5,7,10H,4,6,9H2,1-3H3,(H,19,24). The third kappa shape index (κ3) is 3.28. The predicted molar refractivity (Wildman–Crippen MR) is 94.4 cm³/mol. The molecule has 2 amide bonds. The van der Waals surface area contributed by atoms with Gasteiger partial charge in [0.25, 0.3) is 5.91 Å². The number of nitrogens with one attached hydrogen (secondary N) is 1. The van der Waals surface area contributed by atoms with Crippen LogP contribution in [0.1, 0.15) is 53.3 Å². The SMILES string of the molecule is CC(=O)N1CCc2c(sc(NC(=O)c3ccn(C(C)C)n3)c2C#N)C1. The zero-order valence-corrected chi connectivity index (χ0v) is 15.2. The number of carbonyl (C=O) groups is 2. The Bertz CT molecular complexity index is 874. The fourth-order valence-electron chi connectivity index (χ4n) is 2.79. The van der Waals surface area contributed by atoms with Crippen molar-refractivity contribution in [1.82, 2.24) is 14.7 Å². The van der Waals surface area contributed by atoms with E-state index in [0.717, 1.165) is 10.4 Å². The minimum atomic E-state index is -0.335. The summed E-state index contributed by atoms with van der Waals surface area (Å²) in [6, 6.07) is 4.02. The van der Waals surface area contributed by atoms with E-state index in [1.165, 1.54) is 18.3 Å². The van der Waals surface area contributed by atoms with Crippen molar-refractivity contribution in [3.63, 3.8) is 0 Å². The molecule has 0 spiro atoms. The fourth-order valence-corrected chi connectivity index (χ4v) is 4.00. The quantitative estimate of drug-likeness (QED) is 0.914.